The van der Waals surface area contributed by atoms with Gasteiger partial charge in [-0.2, -0.15) is 0 Å². The Hall–Kier alpha value is -9.21. The largest absolute Gasteiger partial charge is 0.480 e. The summed E-state index contributed by atoms with van der Waals surface area (Å²) in [7, 11) is -9.20. The number of aliphatic carboxylic acids is 1. The van der Waals surface area contributed by atoms with Crippen LogP contribution in [-0.2, 0) is 55.1 Å². The number of amides is 4. The Kier molecular flexibility index (Phi) is 23.5. The van der Waals surface area contributed by atoms with E-state index in [-0.39, 0.29) is 109 Å². The van der Waals surface area contributed by atoms with Crippen molar-refractivity contribution >= 4 is 78.6 Å². The maximum Gasteiger partial charge on any atom is 0.477 e. The van der Waals surface area contributed by atoms with Gasteiger partial charge >= 0.3 is 21.6 Å². The fourth-order valence-corrected chi connectivity index (χ4v) is 12.0. The van der Waals surface area contributed by atoms with E-state index in [2.05, 4.69) is 35.1 Å². The number of pyridine rings is 2. The van der Waals surface area contributed by atoms with Gasteiger partial charge in [0.15, 0.2) is 23.3 Å². The van der Waals surface area contributed by atoms with Gasteiger partial charge in [0.2, 0.25) is 0 Å². The molecular weight excluding hydrogens is 1300 g/mol. The Morgan fingerprint density at radius 3 is 1.32 bits per heavy atom. The van der Waals surface area contributed by atoms with E-state index in [0.29, 0.717) is 24.1 Å². The number of halogens is 2. The Morgan fingerprint density at radius 1 is 0.594 bits per heavy atom. The third-order valence-electron chi connectivity index (χ3n) is 14.3. The molecule has 10 rings (SSSR count). The van der Waals surface area contributed by atoms with Crippen LogP contribution in [-0.4, -0.2) is 201 Å². The Bertz CT molecular complexity index is 4160. The number of hydrogen-bond acceptors (Lipinski definition) is 21. The number of nitrogens with two attached hydrogens (primary N) is 2. The number of hydrogen-bond donors (Lipinski definition) is 5. The highest BCUT2D eigenvalue weighted by Gasteiger charge is 2.39. The molecule has 0 spiro atoms. The zero-order valence-electron chi connectivity index (χ0n) is 53.1. The number of ketones is 2. The van der Waals surface area contributed by atoms with Gasteiger partial charge < -0.3 is 55.1 Å². The lowest BCUT2D eigenvalue weighted by Crippen LogP contribution is -2.52. The van der Waals surface area contributed by atoms with E-state index in [1.165, 1.54) is 50.0 Å². The molecule has 0 radical (unpaired) electrons. The van der Waals surface area contributed by atoms with E-state index in [1.54, 1.807) is 106 Å². The van der Waals surface area contributed by atoms with Crippen molar-refractivity contribution in [2.45, 2.75) is 91.5 Å². The first-order chi connectivity index (χ1) is 45.4. The molecule has 2 fully saturated rings. The minimum atomic E-state index is -4.95. The van der Waals surface area contributed by atoms with Gasteiger partial charge in [-0.05, 0) is 85.2 Å². The molecule has 6 aromatic heterocycles. The molecule has 96 heavy (non-hydrogen) atoms. The summed E-state index contributed by atoms with van der Waals surface area (Å²) in [6.45, 7) is 10.6. The molecule has 0 saturated carbocycles. The lowest BCUT2D eigenvalue weighted by Gasteiger charge is -2.34. The van der Waals surface area contributed by atoms with Crippen LogP contribution in [0.4, 0.5) is 8.78 Å². The van der Waals surface area contributed by atoms with Gasteiger partial charge in [-0.15, -0.1) is 10.2 Å². The van der Waals surface area contributed by atoms with Crippen molar-refractivity contribution in [3.05, 3.63) is 144 Å². The number of nitrogens with zero attached hydrogens (tertiary/aromatic N) is 14. The monoisotopic (exact) mass is 1370 g/mol. The van der Waals surface area contributed by atoms with Crippen molar-refractivity contribution in [3.63, 3.8) is 0 Å². The minimum absolute atomic E-state index is 0.0160. The van der Waals surface area contributed by atoms with Crippen LogP contribution in [0.2, 0.25) is 0 Å². The average Bonchev–Trinajstić information content (AvgIpc) is 1.60. The average molecular weight is 1370 g/mol. The van der Waals surface area contributed by atoms with Gasteiger partial charge in [-0.3, -0.25) is 51.7 Å². The summed E-state index contributed by atoms with van der Waals surface area (Å²) in [5.41, 5.74) is 8.91. The molecule has 1 unspecified atom stereocenters. The number of carboxylic acid groups (broad SMARTS) is 1. The third-order valence-corrected chi connectivity index (χ3v) is 16.8. The van der Waals surface area contributed by atoms with Crippen LogP contribution < -0.4 is 11.5 Å². The van der Waals surface area contributed by atoms with Crippen molar-refractivity contribution in [2.75, 3.05) is 58.9 Å². The molecule has 2 saturated heterocycles. The number of benzene rings is 2. The molecule has 2 aliphatic rings. The molecule has 1 atom stereocenters. The van der Waals surface area contributed by atoms with Crippen molar-refractivity contribution in [1.29, 1.82) is 0 Å². The molecule has 2 aliphatic heterocycles. The number of phosphoric ester groups is 2. The zero-order valence-corrected chi connectivity index (χ0v) is 54.9. The lowest BCUT2D eigenvalue weighted by molar-refractivity contribution is -0.138. The number of unbranched alkanes of at least 4 members (excludes halogenated alkanes) is 1. The van der Waals surface area contributed by atoms with E-state index in [4.69, 9.17) is 39.9 Å². The molecule has 8 heterocycles. The molecule has 32 nitrogen and oxygen atoms in total. The van der Waals surface area contributed by atoms with Crippen LogP contribution in [0.1, 0.15) is 102 Å². The topological polar surface area (TPSA) is 413 Å². The molecule has 7 N–H and O–H groups in total. The van der Waals surface area contributed by atoms with Gasteiger partial charge in [0.25, 0.3) is 35.2 Å². The van der Waals surface area contributed by atoms with E-state index >= 15 is 8.78 Å². The Labute approximate surface area is 547 Å². The maximum absolute atomic E-state index is 15.6. The van der Waals surface area contributed by atoms with Crippen molar-refractivity contribution < 1.29 is 84.5 Å². The molecule has 36 heteroatoms. The van der Waals surface area contributed by atoms with Gasteiger partial charge in [0.05, 0.1) is 81.3 Å². The summed E-state index contributed by atoms with van der Waals surface area (Å²) in [4.78, 5) is 122. The van der Waals surface area contributed by atoms with Crippen LogP contribution in [0, 0.1) is 11.6 Å². The number of Topliss-reactive ketones (excluding diaryl/α,β-unsaturated/α-hetero) is 2. The first-order valence-corrected chi connectivity index (χ1v) is 32.8. The number of rotatable bonds is 21. The molecule has 0 aliphatic carbocycles. The maximum atomic E-state index is 15.6. The van der Waals surface area contributed by atoms with Gasteiger partial charge in [0.1, 0.15) is 19.5 Å². The molecule has 8 aromatic rings. The standard InChI is InChI=1S/C31H37FN7O7P.C23H21FN7O7P.C6H14N2O2/c1-30(2,3)45-47(43,46-31(4,5)6)44-20-38-19-22(24-23(32)18-33-27(25(24)38)39-13-12-34-35-39)26(40)29(42)37-16-14-36(15-17-37)28(41)21-10-8-7-9-11-21;24-17-12-25-21(31-7-6-26-27-31)19-18(17)16(13-30(19)14-38-39(35,36)37)20(32)23(34)29-10-8-28(9-11-29)22(33)15-4-2-1-3-5-15;7-4-2-1-3-5(8)6(9)10/h7-13,18-19H,14-17,20H2,1-6H3;1-7,12-13H,8-11,14H2,(H2,35,36,37);5H,1-4,7-8H2,(H,9,10). The molecule has 512 valence electrons. The number of carboxylic acids is 1. The Balaban J connectivity index is 0.000000217. The van der Waals surface area contributed by atoms with Crippen molar-refractivity contribution in [3.8, 4) is 11.6 Å². The Morgan fingerprint density at radius 2 is 0.979 bits per heavy atom. The van der Waals surface area contributed by atoms with Gasteiger partial charge in [-0.1, -0.05) is 53.2 Å². The smallest absolute Gasteiger partial charge is 0.477 e. The lowest BCUT2D eigenvalue weighted by atomic mass is 10.1. The van der Waals surface area contributed by atoms with Crippen LogP contribution in [0.15, 0.2) is 110 Å². The fraction of sp³-hybridized carbons (Fsp3) is 0.383. The number of aromatic nitrogens is 10. The molecule has 4 amide bonds. The van der Waals surface area contributed by atoms with Gasteiger partial charge in [0, 0.05) is 75.9 Å². The van der Waals surface area contributed by atoms with Crippen molar-refractivity contribution in [2.24, 2.45) is 11.5 Å². The summed E-state index contributed by atoms with van der Waals surface area (Å²) >= 11 is 0. The predicted octanol–water partition coefficient (Wildman–Crippen LogP) is 5.15. The minimum Gasteiger partial charge on any atom is -0.480 e. The highest BCUT2D eigenvalue weighted by Crippen LogP contribution is 2.56. The second-order valence-corrected chi connectivity index (χ2v) is 26.4. The van der Waals surface area contributed by atoms with Crippen LogP contribution in [0.5, 0.6) is 0 Å². The van der Waals surface area contributed by atoms with Crippen LogP contribution >= 0.6 is 15.6 Å². The second-order valence-electron chi connectivity index (χ2n) is 23.7. The number of fused-ring (bicyclic) bond motifs is 2. The van der Waals surface area contributed by atoms with E-state index in [9.17, 15) is 42.7 Å². The number of carbonyl (C=O) groups is 7. The van der Waals surface area contributed by atoms with Gasteiger partial charge in [-0.25, -0.2) is 37.2 Å². The normalized spacial score (nSPS) is 14.2. The molecule has 2 aromatic carbocycles. The summed E-state index contributed by atoms with van der Waals surface area (Å²) in [6.07, 6.45) is 11.8. The van der Waals surface area contributed by atoms with Crippen LogP contribution in [0.3, 0.4) is 0 Å². The predicted molar refractivity (Wildman–Crippen MR) is 338 cm³/mol. The SMILES string of the molecule is CC(C)(C)OP(=O)(OCn1cc(C(=O)C(=O)N2CCN(C(=O)c3ccccc3)CC2)c2c(F)cnc(-n3ccnn3)c21)OC(C)(C)C.NCCCCC(N)C(=O)O.O=C(C(=O)N1CCN(C(=O)c2ccccc2)CC1)c1cn(COP(=O)(O)O)c2c(-n3ccnn3)ncc(F)c12. The summed E-state index contributed by atoms with van der Waals surface area (Å²) < 4.78 is 82.3. The van der Waals surface area contributed by atoms with Crippen LogP contribution in [0.25, 0.3) is 33.4 Å². The summed E-state index contributed by atoms with van der Waals surface area (Å²) in [6, 6.07) is 16.7. The number of phosphoric acid groups is 2. The summed E-state index contributed by atoms with van der Waals surface area (Å²) in [5.74, 6) is -6.89. The number of carbonyl (C=O) groups excluding carboxylic acids is 6. The van der Waals surface area contributed by atoms with E-state index < -0.39 is 87.3 Å². The zero-order chi connectivity index (χ0) is 69.9. The molecular formula is C60H72F2N16O16P2. The quantitative estimate of drug-likeness (QED) is 0.0268. The highest BCUT2D eigenvalue weighted by atomic mass is 31.2. The second kappa shape index (κ2) is 31.1. The first kappa shape index (κ1) is 72.6. The third kappa shape index (κ3) is 18.4. The van der Waals surface area contributed by atoms with E-state index in [0.717, 1.165) is 40.7 Å². The van der Waals surface area contributed by atoms with Crippen molar-refractivity contribution in [1.82, 2.24) is 68.7 Å². The fourth-order valence-electron chi connectivity index (χ4n) is 10.0. The number of piperazine rings is 2. The van der Waals surface area contributed by atoms with E-state index in [1.807, 2.05) is 6.07 Å². The first-order valence-electron chi connectivity index (χ1n) is 29.9. The highest BCUT2D eigenvalue weighted by molar-refractivity contribution is 7.48. The molecule has 0 bridgehead atoms. The summed E-state index contributed by atoms with van der Waals surface area (Å²) in [5, 5.41) is 23.0.